The van der Waals surface area contributed by atoms with E-state index in [1.54, 1.807) is 12.1 Å². The Labute approximate surface area is 200 Å². The number of nitrogens with one attached hydrogen (secondary N) is 2. The van der Waals surface area contributed by atoms with Crippen molar-refractivity contribution in [1.82, 2.24) is 10.7 Å². The summed E-state index contributed by atoms with van der Waals surface area (Å²) in [5, 5.41) is 6.69. The number of methoxy groups -OCH3 is 1. The van der Waals surface area contributed by atoms with Gasteiger partial charge in [0.2, 0.25) is 5.91 Å². The highest BCUT2D eigenvalue weighted by Crippen LogP contribution is 2.30. The summed E-state index contributed by atoms with van der Waals surface area (Å²) in [7, 11) is 1.40. The van der Waals surface area contributed by atoms with Crippen LogP contribution in [-0.2, 0) is 9.59 Å². The Kier molecular flexibility index (Phi) is 7.15. The molecule has 3 aromatic rings. The average molecular weight is 475 g/mol. The summed E-state index contributed by atoms with van der Waals surface area (Å²) in [5.41, 5.74) is 3.92. The molecule has 1 aliphatic heterocycles. The van der Waals surface area contributed by atoms with Gasteiger partial charge in [0.1, 0.15) is 11.7 Å². The number of carbonyl (C=O) groups excluding carboxylic acids is 3. The number of hydrazone groups is 1. The number of rotatable bonds is 7. The Balaban J connectivity index is 1.42. The van der Waals surface area contributed by atoms with Crippen molar-refractivity contribution in [2.75, 3.05) is 13.7 Å². The van der Waals surface area contributed by atoms with Crippen molar-refractivity contribution >= 4 is 24.0 Å². The first-order valence-corrected chi connectivity index (χ1v) is 10.8. The Hall–Kier alpha value is -4.53. The van der Waals surface area contributed by atoms with Gasteiger partial charge in [0.25, 0.3) is 5.91 Å². The first-order valence-electron chi connectivity index (χ1n) is 10.8. The van der Waals surface area contributed by atoms with Crippen LogP contribution in [0.5, 0.6) is 11.5 Å². The summed E-state index contributed by atoms with van der Waals surface area (Å²) in [6, 6.07) is 19.1. The molecular weight excluding hydrogens is 453 g/mol. The number of hydrogen-bond donors (Lipinski definition) is 2. The van der Waals surface area contributed by atoms with E-state index in [0.717, 1.165) is 11.6 Å². The van der Waals surface area contributed by atoms with Gasteiger partial charge < -0.3 is 14.8 Å². The third kappa shape index (κ3) is 5.52. The molecule has 0 spiro atoms. The van der Waals surface area contributed by atoms with Gasteiger partial charge in [-0.2, -0.15) is 5.10 Å². The second-order valence-corrected chi connectivity index (χ2v) is 7.78. The zero-order valence-electron chi connectivity index (χ0n) is 18.7. The second kappa shape index (κ2) is 10.6. The van der Waals surface area contributed by atoms with Gasteiger partial charge in [-0.25, -0.2) is 14.6 Å². The molecule has 0 aromatic heterocycles. The van der Waals surface area contributed by atoms with Crippen LogP contribution in [0.1, 0.15) is 27.4 Å². The SMILES string of the molecule is COc1cc(C=NNC(=O)[C@@H]2C(=O)NC[C@H]2c2ccccc2)ccc1OC(=O)c1cccc(F)c1. The molecule has 4 rings (SSSR count). The molecule has 2 atom stereocenters. The fourth-order valence-electron chi connectivity index (χ4n) is 3.80. The highest BCUT2D eigenvalue weighted by atomic mass is 19.1. The van der Waals surface area contributed by atoms with E-state index in [9.17, 15) is 18.8 Å². The molecule has 35 heavy (non-hydrogen) atoms. The van der Waals surface area contributed by atoms with Crippen molar-refractivity contribution in [3.63, 3.8) is 0 Å². The standard InChI is InChI=1S/C26H22FN3O5/c1-34-22-12-16(10-11-21(22)35-26(33)18-8-5-9-19(27)13-18)14-29-30-25(32)23-20(15-28-24(23)31)17-6-3-2-4-7-17/h2-14,20,23H,15H2,1H3,(H,28,31)(H,30,32)/t20-,23-/m0/s1. The minimum Gasteiger partial charge on any atom is -0.493 e. The van der Waals surface area contributed by atoms with Crippen molar-refractivity contribution in [2.45, 2.75) is 5.92 Å². The molecule has 8 nitrogen and oxygen atoms in total. The minimum absolute atomic E-state index is 0.0603. The first-order chi connectivity index (χ1) is 17.0. The number of hydrogen-bond acceptors (Lipinski definition) is 6. The molecule has 2 amide bonds. The fraction of sp³-hybridized carbons (Fsp3) is 0.154. The van der Waals surface area contributed by atoms with Crippen LogP contribution >= 0.6 is 0 Å². The summed E-state index contributed by atoms with van der Waals surface area (Å²) < 4.78 is 24.0. The first kappa shape index (κ1) is 23.6. The Morgan fingerprint density at radius 1 is 1.06 bits per heavy atom. The summed E-state index contributed by atoms with van der Waals surface area (Å²) in [6.07, 6.45) is 1.38. The molecule has 1 saturated heterocycles. The monoisotopic (exact) mass is 475 g/mol. The summed E-state index contributed by atoms with van der Waals surface area (Å²) >= 11 is 0. The van der Waals surface area contributed by atoms with E-state index in [-0.39, 0.29) is 28.9 Å². The van der Waals surface area contributed by atoms with E-state index in [2.05, 4.69) is 15.8 Å². The minimum atomic E-state index is -0.895. The number of amides is 2. The Morgan fingerprint density at radius 2 is 1.86 bits per heavy atom. The van der Waals surface area contributed by atoms with Crippen molar-refractivity contribution in [3.8, 4) is 11.5 Å². The molecule has 0 unspecified atom stereocenters. The zero-order chi connectivity index (χ0) is 24.8. The van der Waals surface area contributed by atoms with Gasteiger partial charge in [-0.15, -0.1) is 0 Å². The largest absolute Gasteiger partial charge is 0.493 e. The van der Waals surface area contributed by atoms with E-state index in [4.69, 9.17) is 9.47 Å². The normalized spacial score (nSPS) is 17.1. The van der Waals surface area contributed by atoms with Gasteiger partial charge >= 0.3 is 5.97 Å². The summed E-state index contributed by atoms with van der Waals surface area (Å²) in [6.45, 7) is 0.373. The zero-order valence-corrected chi connectivity index (χ0v) is 18.7. The molecule has 1 fully saturated rings. The van der Waals surface area contributed by atoms with Crippen molar-refractivity contribution in [3.05, 3.63) is 95.3 Å². The number of ether oxygens (including phenoxy) is 2. The van der Waals surface area contributed by atoms with Crippen LogP contribution in [0.2, 0.25) is 0 Å². The molecule has 1 aliphatic rings. The quantitative estimate of drug-likeness (QED) is 0.180. The van der Waals surface area contributed by atoms with E-state index in [1.165, 1.54) is 37.6 Å². The van der Waals surface area contributed by atoms with Crippen molar-refractivity contribution in [1.29, 1.82) is 0 Å². The smallest absolute Gasteiger partial charge is 0.343 e. The van der Waals surface area contributed by atoms with E-state index < -0.39 is 23.6 Å². The van der Waals surface area contributed by atoms with Crippen LogP contribution in [-0.4, -0.2) is 37.7 Å². The molecule has 9 heteroatoms. The predicted molar refractivity (Wildman–Crippen MR) is 126 cm³/mol. The van der Waals surface area contributed by atoms with Gasteiger partial charge in [0, 0.05) is 12.5 Å². The van der Waals surface area contributed by atoms with E-state index in [0.29, 0.717) is 12.1 Å². The van der Waals surface area contributed by atoms with Gasteiger partial charge in [0.05, 0.1) is 18.9 Å². The lowest BCUT2D eigenvalue weighted by atomic mass is 9.88. The van der Waals surface area contributed by atoms with Gasteiger partial charge in [-0.3, -0.25) is 9.59 Å². The number of halogens is 1. The molecule has 3 aromatic carbocycles. The number of carbonyl (C=O) groups is 3. The van der Waals surface area contributed by atoms with Crippen LogP contribution in [0.15, 0.2) is 77.9 Å². The lowest BCUT2D eigenvalue weighted by Crippen LogP contribution is -2.34. The van der Waals surface area contributed by atoms with Gasteiger partial charge in [0.15, 0.2) is 11.5 Å². The van der Waals surface area contributed by atoms with Gasteiger partial charge in [-0.05, 0) is 47.5 Å². The lowest BCUT2D eigenvalue weighted by Gasteiger charge is -2.15. The fourth-order valence-corrected chi connectivity index (χ4v) is 3.80. The molecule has 0 aliphatic carbocycles. The average Bonchev–Trinajstić information content (AvgIpc) is 3.26. The lowest BCUT2D eigenvalue weighted by molar-refractivity contribution is -0.133. The second-order valence-electron chi connectivity index (χ2n) is 7.78. The third-order valence-corrected chi connectivity index (χ3v) is 5.53. The summed E-state index contributed by atoms with van der Waals surface area (Å²) in [4.78, 5) is 37.2. The molecule has 0 bridgehead atoms. The summed E-state index contributed by atoms with van der Waals surface area (Å²) in [5.74, 6) is -2.96. The number of esters is 1. The third-order valence-electron chi connectivity index (χ3n) is 5.53. The van der Waals surface area contributed by atoms with Crippen LogP contribution in [0, 0.1) is 11.7 Å². The molecule has 2 N–H and O–H groups in total. The topological polar surface area (TPSA) is 106 Å². The predicted octanol–water partition coefficient (Wildman–Crippen LogP) is 3.03. The molecule has 178 valence electrons. The van der Waals surface area contributed by atoms with E-state index >= 15 is 0 Å². The van der Waals surface area contributed by atoms with E-state index in [1.807, 2.05) is 30.3 Å². The molecule has 0 saturated carbocycles. The Bertz CT molecular complexity index is 1280. The van der Waals surface area contributed by atoms with Gasteiger partial charge in [-0.1, -0.05) is 36.4 Å². The van der Waals surface area contributed by atoms with Crippen LogP contribution in [0.4, 0.5) is 4.39 Å². The maximum atomic E-state index is 13.4. The van der Waals surface area contributed by atoms with Crippen molar-refractivity contribution < 1.29 is 28.2 Å². The van der Waals surface area contributed by atoms with Crippen LogP contribution in [0.3, 0.4) is 0 Å². The number of nitrogens with zero attached hydrogens (tertiary/aromatic N) is 1. The maximum Gasteiger partial charge on any atom is 0.343 e. The highest BCUT2D eigenvalue weighted by Gasteiger charge is 2.40. The van der Waals surface area contributed by atoms with Crippen LogP contribution in [0.25, 0.3) is 0 Å². The number of benzene rings is 3. The molecular formula is C26H22FN3O5. The van der Waals surface area contributed by atoms with Crippen molar-refractivity contribution in [2.24, 2.45) is 11.0 Å². The van der Waals surface area contributed by atoms with Crippen LogP contribution < -0.4 is 20.2 Å². The Morgan fingerprint density at radius 3 is 2.60 bits per heavy atom. The molecule has 1 heterocycles. The maximum absolute atomic E-state index is 13.4. The molecule has 0 radical (unpaired) electrons. The highest BCUT2D eigenvalue weighted by molar-refractivity contribution is 6.03.